The number of halogens is 1. The molecule has 6 heteroatoms. The Morgan fingerprint density at radius 3 is 2.35 bits per heavy atom. The van der Waals surface area contributed by atoms with Gasteiger partial charge in [-0.2, -0.15) is 0 Å². The van der Waals surface area contributed by atoms with Crippen LogP contribution in [0.5, 0.6) is 0 Å². The topological polar surface area (TPSA) is 62.0 Å². The van der Waals surface area contributed by atoms with Crippen LogP contribution in [0.25, 0.3) is 10.9 Å². The zero-order valence-electron chi connectivity index (χ0n) is 15.4. The van der Waals surface area contributed by atoms with Crippen LogP contribution in [-0.4, -0.2) is 19.9 Å². The third kappa shape index (κ3) is 3.72. The molecule has 3 rings (SSSR count). The lowest BCUT2D eigenvalue weighted by molar-refractivity contribution is 0.580. The third-order valence-electron chi connectivity index (χ3n) is 4.62. The van der Waals surface area contributed by atoms with Crippen LogP contribution in [0.15, 0.2) is 39.7 Å². The molecule has 0 aliphatic carbocycles. The minimum absolute atomic E-state index is 0.357. The molecule has 0 aliphatic rings. The van der Waals surface area contributed by atoms with Crippen molar-refractivity contribution in [1.29, 1.82) is 0 Å². The van der Waals surface area contributed by atoms with E-state index in [0.29, 0.717) is 17.9 Å². The smallest absolute Gasteiger partial charge is 0.241 e. The van der Waals surface area contributed by atoms with Crippen LogP contribution in [-0.2, 0) is 16.4 Å². The third-order valence-corrected chi connectivity index (χ3v) is 6.88. The first-order valence-corrected chi connectivity index (χ1v) is 10.8. The summed E-state index contributed by atoms with van der Waals surface area (Å²) >= 11 is 3.50. The largest absolute Gasteiger partial charge is 0.358 e. The van der Waals surface area contributed by atoms with E-state index >= 15 is 0 Å². The van der Waals surface area contributed by atoms with Gasteiger partial charge in [0.1, 0.15) is 0 Å². The lowest BCUT2D eigenvalue weighted by atomic mass is 10.1. The first-order chi connectivity index (χ1) is 12.2. The second-order valence-electron chi connectivity index (χ2n) is 6.79. The molecule has 138 valence electrons. The van der Waals surface area contributed by atoms with Crippen LogP contribution < -0.4 is 4.72 Å². The van der Waals surface area contributed by atoms with Gasteiger partial charge in [0.2, 0.25) is 10.0 Å². The Kier molecular flexibility index (Phi) is 5.28. The van der Waals surface area contributed by atoms with Crippen LogP contribution in [0.2, 0.25) is 0 Å². The van der Waals surface area contributed by atoms with Crippen molar-refractivity contribution in [3.63, 3.8) is 0 Å². The molecule has 0 radical (unpaired) electrons. The molecule has 0 amide bonds. The van der Waals surface area contributed by atoms with Gasteiger partial charge in [-0.25, -0.2) is 13.1 Å². The monoisotopic (exact) mass is 434 g/mol. The molecule has 0 spiro atoms. The van der Waals surface area contributed by atoms with Crippen LogP contribution in [0, 0.1) is 27.7 Å². The van der Waals surface area contributed by atoms with Crippen LogP contribution in [0.3, 0.4) is 0 Å². The number of H-pyrrole nitrogens is 1. The van der Waals surface area contributed by atoms with Gasteiger partial charge < -0.3 is 4.98 Å². The highest BCUT2D eigenvalue weighted by atomic mass is 79.9. The van der Waals surface area contributed by atoms with Crippen molar-refractivity contribution in [3.05, 3.63) is 62.8 Å². The first kappa shape index (κ1) is 19.1. The summed E-state index contributed by atoms with van der Waals surface area (Å²) in [6, 6.07) is 9.90. The molecule has 1 aromatic heterocycles. The van der Waals surface area contributed by atoms with E-state index in [1.807, 2.05) is 52.0 Å². The molecule has 0 bridgehead atoms. The molecule has 0 fully saturated rings. The van der Waals surface area contributed by atoms with Gasteiger partial charge in [0.05, 0.1) is 4.90 Å². The Bertz CT molecular complexity index is 1060. The van der Waals surface area contributed by atoms with Gasteiger partial charge in [-0.3, -0.25) is 0 Å². The minimum Gasteiger partial charge on any atom is -0.358 e. The average molecular weight is 435 g/mol. The van der Waals surface area contributed by atoms with Gasteiger partial charge in [-0.05, 0) is 69.0 Å². The first-order valence-electron chi connectivity index (χ1n) is 8.53. The summed E-state index contributed by atoms with van der Waals surface area (Å²) in [4.78, 5) is 3.75. The standard InChI is InChI=1S/C20H23BrN2O2S/c1-12-9-13(2)20(14(3)10-12)26(24,25)22-8-7-17-15(4)23-19-6-5-16(21)11-18(17)19/h5-6,9-11,22-23H,7-8H2,1-4H3. The minimum atomic E-state index is -3.54. The number of aromatic nitrogens is 1. The SMILES string of the molecule is Cc1cc(C)c(S(=O)(=O)NCCc2c(C)[nH]c3ccc(Br)cc23)c(C)c1. The normalized spacial score (nSPS) is 12.0. The molecule has 3 aromatic rings. The Morgan fingerprint density at radius 1 is 1.04 bits per heavy atom. The number of nitrogens with one attached hydrogen (secondary N) is 2. The number of hydrogen-bond acceptors (Lipinski definition) is 2. The summed E-state index contributed by atoms with van der Waals surface area (Å²) < 4.78 is 29.4. The zero-order valence-corrected chi connectivity index (χ0v) is 17.8. The van der Waals surface area contributed by atoms with E-state index in [0.717, 1.165) is 43.3 Å². The summed E-state index contributed by atoms with van der Waals surface area (Å²) in [6.07, 6.45) is 0.630. The summed E-state index contributed by atoms with van der Waals surface area (Å²) in [5.74, 6) is 0. The Hall–Kier alpha value is -1.63. The van der Waals surface area contributed by atoms with Crippen molar-refractivity contribution >= 4 is 36.9 Å². The number of aromatic amines is 1. The maximum absolute atomic E-state index is 12.8. The van der Waals surface area contributed by atoms with Gasteiger partial charge in [-0.1, -0.05) is 33.6 Å². The lowest BCUT2D eigenvalue weighted by Gasteiger charge is -2.13. The second-order valence-corrected chi connectivity index (χ2v) is 9.41. The predicted octanol–water partition coefficient (Wildman–Crippen LogP) is 4.69. The molecule has 0 saturated carbocycles. The van der Waals surface area contributed by atoms with Gasteiger partial charge in [0, 0.05) is 27.6 Å². The highest BCUT2D eigenvalue weighted by Gasteiger charge is 2.20. The second kappa shape index (κ2) is 7.18. The summed E-state index contributed by atoms with van der Waals surface area (Å²) in [5.41, 5.74) is 5.90. The van der Waals surface area contributed by atoms with E-state index < -0.39 is 10.0 Å². The molecule has 4 nitrogen and oxygen atoms in total. The molecule has 0 saturated heterocycles. The number of rotatable bonds is 5. The molecule has 0 aliphatic heterocycles. The fourth-order valence-electron chi connectivity index (χ4n) is 3.65. The molecular weight excluding hydrogens is 412 g/mol. The maximum atomic E-state index is 12.8. The number of benzene rings is 2. The number of aryl methyl sites for hydroxylation is 4. The molecule has 2 aromatic carbocycles. The van der Waals surface area contributed by atoms with Gasteiger partial charge in [0.15, 0.2) is 0 Å². The Balaban J connectivity index is 1.82. The fraction of sp³-hybridized carbons (Fsp3) is 0.300. The van der Waals surface area contributed by atoms with E-state index in [2.05, 4.69) is 31.7 Å². The average Bonchev–Trinajstić information content (AvgIpc) is 2.81. The molecular formula is C20H23BrN2O2S. The lowest BCUT2D eigenvalue weighted by Crippen LogP contribution is -2.27. The number of sulfonamides is 1. The molecule has 0 atom stereocenters. The zero-order chi connectivity index (χ0) is 19.1. The Labute approximate surface area is 163 Å². The number of fused-ring (bicyclic) bond motifs is 1. The van der Waals surface area contributed by atoms with E-state index in [1.165, 1.54) is 0 Å². The fourth-order valence-corrected chi connectivity index (χ4v) is 5.49. The van der Waals surface area contributed by atoms with Crippen molar-refractivity contribution in [2.24, 2.45) is 0 Å². The van der Waals surface area contributed by atoms with E-state index in [1.54, 1.807) is 0 Å². The van der Waals surface area contributed by atoms with Crippen LogP contribution in [0.4, 0.5) is 0 Å². The van der Waals surface area contributed by atoms with Crippen LogP contribution in [0.1, 0.15) is 27.9 Å². The van der Waals surface area contributed by atoms with Crippen LogP contribution >= 0.6 is 15.9 Å². The molecule has 1 heterocycles. The molecule has 2 N–H and O–H groups in total. The highest BCUT2D eigenvalue weighted by Crippen LogP contribution is 2.26. The molecule has 0 unspecified atom stereocenters. The Morgan fingerprint density at radius 2 is 1.69 bits per heavy atom. The van der Waals surface area contributed by atoms with Gasteiger partial charge >= 0.3 is 0 Å². The number of hydrogen-bond donors (Lipinski definition) is 2. The summed E-state index contributed by atoms with van der Waals surface area (Å²) in [6.45, 7) is 8.04. The van der Waals surface area contributed by atoms with E-state index in [9.17, 15) is 8.42 Å². The van der Waals surface area contributed by atoms with Gasteiger partial charge in [0.25, 0.3) is 0 Å². The quantitative estimate of drug-likeness (QED) is 0.611. The highest BCUT2D eigenvalue weighted by molar-refractivity contribution is 9.10. The van der Waals surface area contributed by atoms with Crippen molar-refractivity contribution in [2.75, 3.05) is 6.54 Å². The molecule has 26 heavy (non-hydrogen) atoms. The van der Waals surface area contributed by atoms with E-state index in [4.69, 9.17) is 0 Å². The van der Waals surface area contributed by atoms with Crippen molar-refractivity contribution in [1.82, 2.24) is 9.71 Å². The van der Waals surface area contributed by atoms with Crippen molar-refractivity contribution in [2.45, 2.75) is 39.0 Å². The predicted molar refractivity (Wildman–Crippen MR) is 110 cm³/mol. The van der Waals surface area contributed by atoms with Gasteiger partial charge in [-0.15, -0.1) is 0 Å². The summed E-state index contributed by atoms with van der Waals surface area (Å²) in [5, 5.41) is 1.12. The maximum Gasteiger partial charge on any atom is 0.241 e. The van der Waals surface area contributed by atoms with Crippen molar-refractivity contribution in [3.8, 4) is 0 Å². The van der Waals surface area contributed by atoms with E-state index in [-0.39, 0.29) is 0 Å². The van der Waals surface area contributed by atoms with Crippen molar-refractivity contribution < 1.29 is 8.42 Å². The summed E-state index contributed by atoms with van der Waals surface area (Å²) in [7, 11) is -3.54.